The molecule has 0 saturated heterocycles. The average Bonchev–Trinajstić information content (AvgIpc) is 2.53. The summed E-state index contributed by atoms with van der Waals surface area (Å²) in [6, 6.07) is 5.14. The molecular weight excluding hydrogens is 314 g/mol. The van der Waals surface area contributed by atoms with Crippen molar-refractivity contribution in [1.82, 2.24) is 9.55 Å². The number of ketones is 1. The Labute approximate surface area is 136 Å². The number of aromatic amines is 1. The third-order valence-corrected chi connectivity index (χ3v) is 3.81. The summed E-state index contributed by atoms with van der Waals surface area (Å²) in [5.41, 5.74) is 5.56. The summed E-state index contributed by atoms with van der Waals surface area (Å²) in [6.07, 6.45) is 0. The fourth-order valence-electron chi connectivity index (χ4n) is 2.16. The molecule has 1 aromatic carbocycles. The molecule has 0 fully saturated rings. The first-order valence-corrected chi connectivity index (χ1v) is 7.09. The Morgan fingerprint density at radius 2 is 1.92 bits per heavy atom. The standard InChI is InChI=1S/C16H17N3O5/c1-8-5-4-6-10(9(8)2)15(22)24-7-11(20)12-13(17)19(3)16(23)18-14(12)21/h4-6H,7,17H2,1-3H3,(H,18,21,23). The van der Waals surface area contributed by atoms with Gasteiger partial charge in [0.1, 0.15) is 11.4 Å². The van der Waals surface area contributed by atoms with Gasteiger partial charge >= 0.3 is 11.7 Å². The normalized spacial score (nSPS) is 10.5. The molecule has 8 nitrogen and oxygen atoms in total. The van der Waals surface area contributed by atoms with Gasteiger partial charge in [0, 0.05) is 7.05 Å². The lowest BCUT2D eigenvalue weighted by atomic mass is 10.0. The predicted octanol–water partition coefficient (Wildman–Crippen LogP) is 0.312. The number of esters is 1. The van der Waals surface area contributed by atoms with Crippen LogP contribution in [0.5, 0.6) is 0 Å². The van der Waals surface area contributed by atoms with Crippen molar-refractivity contribution in [3.8, 4) is 0 Å². The van der Waals surface area contributed by atoms with Crippen LogP contribution in [-0.4, -0.2) is 27.9 Å². The minimum atomic E-state index is -0.914. The predicted molar refractivity (Wildman–Crippen MR) is 87.2 cm³/mol. The second kappa shape index (κ2) is 6.53. The van der Waals surface area contributed by atoms with Crippen molar-refractivity contribution >= 4 is 17.6 Å². The number of nitrogen functional groups attached to an aromatic ring is 1. The largest absolute Gasteiger partial charge is 0.454 e. The number of anilines is 1. The van der Waals surface area contributed by atoms with Gasteiger partial charge in [-0.25, -0.2) is 9.59 Å². The van der Waals surface area contributed by atoms with Crippen LogP contribution >= 0.6 is 0 Å². The lowest BCUT2D eigenvalue weighted by Gasteiger charge is -2.10. The Kier molecular flexibility index (Phi) is 4.68. The summed E-state index contributed by atoms with van der Waals surface area (Å²) < 4.78 is 5.91. The van der Waals surface area contributed by atoms with E-state index >= 15 is 0 Å². The average molecular weight is 331 g/mol. The maximum Gasteiger partial charge on any atom is 0.338 e. The Morgan fingerprint density at radius 3 is 2.58 bits per heavy atom. The van der Waals surface area contributed by atoms with Gasteiger partial charge in [0.25, 0.3) is 5.56 Å². The zero-order chi connectivity index (χ0) is 18.0. The highest BCUT2D eigenvalue weighted by atomic mass is 16.5. The van der Waals surface area contributed by atoms with Gasteiger partial charge in [-0.2, -0.15) is 0 Å². The summed E-state index contributed by atoms with van der Waals surface area (Å²) in [4.78, 5) is 49.4. The second-order valence-electron chi connectivity index (χ2n) is 5.33. The number of Topliss-reactive ketones (excluding diaryl/α,β-unsaturated/α-hetero) is 1. The third kappa shape index (κ3) is 3.12. The number of aromatic nitrogens is 2. The highest BCUT2D eigenvalue weighted by Gasteiger charge is 2.20. The number of rotatable bonds is 4. The molecule has 0 bridgehead atoms. The first kappa shape index (κ1) is 17.2. The summed E-state index contributed by atoms with van der Waals surface area (Å²) in [5, 5.41) is 0. The van der Waals surface area contributed by atoms with Gasteiger partial charge in [0.15, 0.2) is 6.61 Å². The Balaban J connectivity index is 2.22. The van der Waals surface area contributed by atoms with E-state index in [9.17, 15) is 19.2 Å². The lowest BCUT2D eigenvalue weighted by molar-refractivity contribution is 0.0473. The fraction of sp³-hybridized carbons (Fsp3) is 0.250. The molecule has 0 amide bonds. The van der Waals surface area contributed by atoms with Crippen molar-refractivity contribution < 1.29 is 14.3 Å². The van der Waals surface area contributed by atoms with E-state index in [1.54, 1.807) is 19.1 Å². The smallest absolute Gasteiger partial charge is 0.338 e. The zero-order valence-corrected chi connectivity index (χ0v) is 13.5. The van der Waals surface area contributed by atoms with E-state index in [-0.39, 0.29) is 5.82 Å². The van der Waals surface area contributed by atoms with Gasteiger partial charge in [0.2, 0.25) is 5.78 Å². The first-order chi connectivity index (χ1) is 11.2. The number of hydrogen-bond acceptors (Lipinski definition) is 6. The monoisotopic (exact) mass is 331 g/mol. The fourth-order valence-corrected chi connectivity index (χ4v) is 2.16. The maximum atomic E-state index is 12.1. The molecule has 0 aliphatic heterocycles. The number of nitrogens with zero attached hydrogens (tertiary/aromatic N) is 1. The highest BCUT2D eigenvalue weighted by molar-refractivity contribution is 6.02. The molecule has 2 rings (SSSR count). The molecule has 1 heterocycles. The van der Waals surface area contributed by atoms with Crippen molar-refractivity contribution in [2.75, 3.05) is 12.3 Å². The molecule has 1 aromatic heterocycles. The summed E-state index contributed by atoms with van der Waals surface area (Å²) in [7, 11) is 1.31. The molecule has 0 spiro atoms. The van der Waals surface area contributed by atoms with Crippen LogP contribution in [0.1, 0.15) is 31.8 Å². The summed E-state index contributed by atoms with van der Waals surface area (Å²) in [5.74, 6) is -1.75. The minimum absolute atomic E-state index is 0.281. The van der Waals surface area contributed by atoms with Gasteiger partial charge in [-0.1, -0.05) is 12.1 Å². The van der Waals surface area contributed by atoms with E-state index in [2.05, 4.69) is 0 Å². The first-order valence-electron chi connectivity index (χ1n) is 7.09. The second-order valence-corrected chi connectivity index (χ2v) is 5.33. The Hall–Kier alpha value is -3.16. The van der Waals surface area contributed by atoms with Gasteiger partial charge in [-0.3, -0.25) is 19.1 Å². The van der Waals surface area contributed by atoms with Crippen molar-refractivity contribution in [1.29, 1.82) is 0 Å². The SMILES string of the molecule is Cc1cccc(C(=O)OCC(=O)c2c(N)n(C)c(=O)[nH]c2=O)c1C. The van der Waals surface area contributed by atoms with Gasteiger partial charge < -0.3 is 10.5 Å². The molecule has 0 aliphatic carbocycles. The molecular formula is C16H17N3O5. The van der Waals surface area contributed by atoms with E-state index < -0.39 is 35.2 Å². The molecule has 2 aromatic rings. The van der Waals surface area contributed by atoms with Gasteiger partial charge in [-0.05, 0) is 31.0 Å². The number of hydrogen-bond donors (Lipinski definition) is 2. The Bertz CT molecular complexity index is 940. The van der Waals surface area contributed by atoms with Gasteiger partial charge in [-0.15, -0.1) is 0 Å². The van der Waals surface area contributed by atoms with Crippen LogP contribution in [0.4, 0.5) is 5.82 Å². The van der Waals surface area contributed by atoms with Crippen molar-refractivity contribution in [3.63, 3.8) is 0 Å². The van der Waals surface area contributed by atoms with Crippen LogP contribution in [0.2, 0.25) is 0 Å². The molecule has 0 saturated carbocycles. The number of aryl methyl sites for hydroxylation is 1. The number of carbonyl (C=O) groups is 2. The number of carbonyl (C=O) groups excluding carboxylic acids is 2. The van der Waals surface area contributed by atoms with Crippen molar-refractivity contribution in [2.24, 2.45) is 7.05 Å². The molecule has 0 radical (unpaired) electrons. The number of ether oxygens (including phenoxy) is 1. The van der Waals surface area contributed by atoms with E-state index in [4.69, 9.17) is 10.5 Å². The van der Waals surface area contributed by atoms with E-state index in [0.717, 1.165) is 15.7 Å². The molecule has 3 N–H and O–H groups in total. The van der Waals surface area contributed by atoms with E-state index in [1.807, 2.05) is 18.0 Å². The molecule has 8 heteroatoms. The molecule has 0 unspecified atom stereocenters. The maximum absolute atomic E-state index is 12.1. The quantitative estimate of drug-likeness (QED) is 0.614. The minimum Gasteiger partial charge on any atom is -0.454 e. The van der Waals surface area contributed by atoms with Crippen LogP contribution in [-0.2, 0) is 11.8 Å². The number of nitrogens with two attached hydrogens (primary N) is 1. The molecule has 126 valence electrons. The summed E-state index contributed by atoms with van der Waals surface area (Å²) in [6.45, 7) is 2.96. The van der Waals surface area contributed by atoms with Crippen LogP contribution in [0.25, 0.3) is 0 Å². The number of H-pyrrole nitrogens is 1. The van der Waals surface area contributed by atoms with E-state index in [0.29, 0.717) is 5.56 Å². The number of nitrogens with one attached hydrogen (secondary N) is 1. The van der Waals surface area contributed by atoms with Crippen LogP contribution in [0.15, 0.2) is 27.8 Å². The zero-order valence-electron chi connectivity index (χ0n) is 13.5. The van der Waals surface area contributed by atoms with E-state index in [1.165, 1.54) is 7.05 Å². The van der Waals surface area contributed by atoms with Crippen LogP contribution < -0.4 is 17.0 Å². The summed E-state index contributed by atoms with van der Waals surface area (Å²) >= 11 is 0. The number of benzene rings is 1. The van der Waals surface area contributed by atoms with Gasteiger partial charge in [0.05, 0.1) is 5.56 Å². The van der Waals surface area contributed by atoms with Crippen molar-refractivity contribution in [3.05, 3.63) is 61.3 Å². The highest BCUT2D eigenvalue weighted by Crippen LogP contribution is 2.14. The van der Waals surface area contributed by atoms with Crippen molar-refractivity contribution in [2.45, 2.75) is 13.8 Å². The topological polar surface area (TPSA) is 124 Å². The van der Waals surface area contributed by atoms with Crippen LogP contribution in [0.3, 0.4) is 0 Å². The molecule has 0 atom stereocenters. The third-order valence-electron chi connectivity index (χ3n) is 3.81. The van der Waals surface area contributed by atoms with Crippen LogP contribution in [0, 0.1) is 13.8 Å². The Morgan fingerprint density at radius 1 is 1.25 bits per heavy atom. The molecule has 24 heavy (non-hydrogen) atoms. The molecule has 0 aliphatic rings. The lowest BCUT2D eigenvalue weighted by Crippen LogP contribution is -2.35.